The van der Waals surface area contributed by atoms with E-state index in [9.17, 15) is 4.79 Å². The van der Waals surface area contributed by atoms with Crippen molar-refractivity contribution >= 4 is 32.8 Å². The highest BCUT2D eigenvalue weighted by Crippen LogP contribution is 2.29. The molecule has 0 aliphatic heterocycles. The molecule has 4 nitrogen and oxygen atoms in total. The molecule has 3 rings (SSSR count). The van der Waals surface area contributed by atoms with Gasteiger partial charge in [-0.15, -0.1) is 22.7 Å². The third kappa shape index (κ3) is 1.30. The maximum absolute atomic E-state index is 11.4. The van der Waals surface area contributed by atoms with E-state index in [4.69, 9.17) is 0 Å². The van der Waals surface area contributed by atoms with Gasteiger partial charge in [0.05, 0.1) is 10.1 Å². The molecule has 6 heteroatoms. The molecule has 0 saturated heterocycles. The number of hydrogen-bond donors (Lipinski definition) is 1. The Morgan fingerprint density at radius 3 is 3.00 bits per heavy atom. The number of thiazole rings is 1. The number of aromatic amines is 1. The fourth-order valence-electron chi connectivity index (χ4n) is 1.37. The number of H-pyrrole nitrogens is 1. The second-order valence-corrected chi connectivity index (χ2v) is 4.71. The number of thiophene rings is 1. The van der Waals surface area contributed by atoms with Crippen molar-refractivity contribution in [2.75, 3.05) is 0 Å². The average molecular weight is 235 g/mol. The first-order valence-electron chi connectivity index (χ1n) is 4.22. The lowest BCUT2D eigenvalue weighted by Crippen LogP contribution is -2.07. The molecule has 0 atom stereocenters. The van der Waals surface area contributed by atoms with Crippen LogP contribution in [-0.4, -0.2) is 15.2 Å². The van der Waals surface area contributed by atoms with Crippen molar-refractivity contribution in [1.82, 2.24) is 15.2 Å². The van der Waals surface area contributed by atoms with Crippen LogP contribution in [-0.2, 0) is 0 Å². The van der Waals surface area contributed by atoms with E-state index in [0.717, 1.165) is 15.4 Å². The normalized spacial score (nSPS) is 10.9. The Bertz CT molecular complexity index is 653. The fraction of sp³-hybridized carbons (Fsp3) is 0. The topological polar surface area (TPSA) is 58.6 Å². The fourth-order valence-corrected chi connectivity index (χ4v) is 2.95. The lowest BCUT2D eigenvalue weighted by molar-refractivity contribution is 1.02. The summed E-state index contributed by atoms with van der Waals surface area (Å²) in [5.41, 5.74) is 0.612. The first-order valence-corrected chi connectivity index (χ1v) is 5.98. The van der Waals surface area contributed by atoms with E-state index in [1.54, 1.807) is 12.3 Å². The zero-order valence-electron chi connectivity index (χ0n) is 7.43. The van der Waals surface area contributed by atoms with Gasteiger partial charge in [0.25, 0.3) is 5.56 Å². The Morgan fingerprint density at radius 1 is 1.27 bits per heavy atom. The molecule has 0 unspecified atom stereocenters. The van der Waals surface area contributed by atoms with E-state index in [0.29, 0.717) is 5.39 Å². The van der Waals surface area contributed by atoms with E-state index >= 15 is 0 Å². The second kappa shape index (κ2) is 3.25. The molecule has 15 heavy (non-hydrogen) atoms. The van der Waals surface area contributed by atoms with Gasteiger partial charge in [-0.2, -0.15) is 5.10 Å². The van der Waals surface area contributed by atoms with Gasteiger partial charge < -0.3 is 0 Å². The van der Waals surface area contributed by atoms with E-state index in [2.05, 4.69) is 15.2 Å². The summed E-state index contributed by atoms with van der Waals surface area (Å²) in [6.45, 7) is 0. The van der Waals surface area contributed by atoms with Crippen molar-refractivity contribution in [2.24, 2.45) is 0 Å². The molecule has 0 bridgehead atoms. The number of fused-ring (bicyclic) bond motifs is 1. The van der Waals surface area contributed by atoms with Gasteiger partial charge in [0.15, 0.2) is 0 Å². The van der Waals surface area contributed by atoms with Gasteiger partial charge in [0.1, 0.15) is 10.7 Å². The van der Waals surface area contributed by atoms with Crippen molar-refractivity contribution < 1.29 is 0 Å². The Labute approximate surface area is 92.2 Å². The van der Waals surface area contributed by atoms with Gasteiger partial charge in [-0.25, -0.2) is 10.1 Å². The van der Waals surface area contributed by atoms with Crippen LogP contribution in [0.4, 0.5) is 0 Å². The van der Waals surface area contributed by atoms with Crippen LogP contribution in [0, 0.1) is 0 Å². The Hall–Kier alpha value is -1.53. The molecule has 0 saturated carbocycles. The molecule has 3 heterocycles. The first kappa shape index (κ1) is 8.75. The molecular formula is C9H5N3OS2. The van der Waals surface area contributed by atoms with Crippen molar-refractivity contribution in [3.05, 3.63) is 33.4 Å². The molecule has 0 aliphatic rings. The second-order valence-electron chi connectivity index (χ2n) is 2.90. The predicted molar refractivity (Wildman–Crippen MR) is 61.3 cm³/mol. The Kier molecular flexibility index (Phi) is 1.90. The number of nitrogens with zero attached hydrogens (tertiary/aromatic N) is 2. The summed E-state index contributed by atoms with van der Waals surface area (Å²) in [5.74, 6) is 0. The van der Waals surface area contributed by atoms with Crippen LogP contribution >= 0.6 is 22.7 Å². The number of aromatic nitrogens is 3. The molecule has 0 fully saturated rings. The largest absolute Gasteiger partial charge is 0.272 e. The monoisotopic (exact) mass is 235 g/mol. The van der Waals surface area contributed by atoms with E-state index in [-0.39, 0.29) is 5.56 Å². The summed E-state index contributed by atoms with van der Waals surface area (Å²) >= 11 is 3.02. The highest BCUT2D eigenvalue weighted by molar-refractivity contribution is 7.18. The minimum absolute atomic E-state index is 0.147. The van der Waals surface area contributed by atoms with Crippen LogP contribution < -0.4 is 5.56 Å². The number of nitrogens with one attached hydrogen (secondary N) is 1. The smallest absolute Gasteiger partial charge is 0.267 e. The summed E-state index contributed by atoms with van der Waals surface area (Å²) in [4.78, 5) is 15.6. The number of hydrogen-bond acceptors (Lipinski definition) is 5. The lowest BCUT2D eigenvalue weighted by Gasteiger charge is -1.95. The minimum Gasteiger partial charge on any atom is -0.267 e. The predicted octanol–water partition coefficient (Wildman–Crippen LogP) is 2.11. The molecule has 3 aromatic heterocycles. The molecule has 1 N–H and O–H groups in total. The average Bonchev–Trinajstić information content (AvgIpc) is 2.88. The standard InChI is InChI=1S/C9H5N3OS2/c13-8-5-1-3-14-7(5)6(11-12-8)9-10-2-4-15-9/h1-4H,(H,12,13). The van der Waals surface area contributed by atoms with Crippen LogP contribution in [0.5, 0.6) is 0 Å². The van der Waals surface area contributed by atoms with Crippen LogP contribution in [0.3, 0.4) is 0 Å². The zero-order chi connectivity index (χ0) is 10.3. The zero-order valence-corrected chi connectivity index (χ0v) is 9.06. The third-order valence-electron chi connectivity index (χ3n) is 2.03. The van der Waals surface area contributed by atoms with Gasteiger partial charge in [0, 0.05) is 11.6 Å². The van der Waals surface area contributed by atoms with Crippen LogP contribution in [0.25, 0.3) is 20.8 Å². The maximum Gasteiger partial charge on any atom is 0.272 e. The third-order valence-corrected chi connectivity index (χ3v) is 3.73. The van der Waals surface area contributed by atoms with Gasteiger partial charge in [-0.1, -0.05) is 0 Å². The summed E-state index contributed by atoms with van der Waals surface area (Å²) in [7, 11) is 0. The molecule has 0 aliphatic carbocycles. The van der Waals surface area contributed by atoms with E-state index in [1.165, 1.54) is 22.7 Å². The summed E-state index contributed by atoms with van der Waals surface area (Å²) in [6, 6.07) is 1.80. The molecule has 0 radical (unpaired) electrons. The summed E-state index contributed by atoms with van der Waals surface area (Å²) in [6.07, 6.45) is 1.73. The SMILES string of the molecule is O=c1[nH]nc(-c2nccs2)c2sccc12. The van der Waals surface area contributed by atoms with Crippen LogP contribution in [0.1, 0.15) is 0 Å². The molecule has 0 aromatic carbocycles. The van der Waals surface area contributed by atoms with Crippen LogP contribution in [0.2, 0.25) is 0 Å². The molecule has 0 amide bonds. The highest BCUT2D eigenvalue weighted by atomic mass is 32.1. The van der Waals surface area contributed by atoms with Gasteiger partial charge >= 0.3 is 0 Å². The molecular weight excluding hydrogens is 230 g/mol. The molecule has 74 valence electrons. The van der Waals surface area contributed by atoms with Gasteiger partial charge in [0.2, 0.25) is 0 Å². The van der Waals surface area contributed by atoms with Gasteiger partial charge in [-0.05, 0) is 11.4 Å². The van der Waals surface area contributed by atoms with Crippen molar-refractivity contribution in [3.63, 3.8) is 0 Å². The van der Waals surface area contributed by atoms with E-state index < -0.39 is 0 Å². The van der Waals surface area contributed by atoms with Crippen LogP contribution in [0.15, 0.2) is 27.8 Å². The Morgan fingerprint density at radius 2 is 2.20 bits per heavy atom. The maximum atomic E-state index is 11.4. The number of rotatable bonds is 1. The van der Waals surface area contributed by atoms with Crippen molar-refractivity contribution in [2.45, 2.75) is 0 Å². The Balaban J connectivity index is 2.42. The summed E-state index contributed by atoms with van der Waals surface area (Å²) in [5, 5.41) is 11.8. The summed E-state index contributed by atoms with van der Waals surface area (Å²) < 4.78 is 0.897. The van der Waals surface area contributed by atoms with Gasteiger partial charge in [-0.3, -0.25) is 4.79 Å². The van der Waals surface area contributed by atoms with Crippen molar-refractivity contribution in [1.29, 1.82) is 0 Å². The lowest BCUT2D eigenvalue weighted by atomic mass is 10.3. The highest BCUT2D eigenvalue weighted by Gasteiger charge is 2.11. The minimum atomic E-state index is -0.147. The molecule has 3 aromatic rings. The molecule has 0 spiro atoms. The quantitative estimate of drug-likeness (QED) is 0.702. The first-order chi connectivity index (χ1) is 7.36. The van der Waals surface area contributed by atoms with Crippen molar-refractivity contribution in [3.8, 4) is 10.7 Å². The van der Waals surface area contributed by atoms with E-state index in [1.807, 2.05) is 10.8 Å².